The maximum Gasteiger partial charge on any atom is 0.245 e. The van der Waals surface area contributed by atoms with Gasteiger partial charge in [-0.2, -0.15) is 0 Å². The van der Waals surface area contributed by atoms with E-state index in [0.717, 1.165) is 29.4 Å². The van der Waals surface area contributed by atoms with E-state index in [-0.39, 0.29) is 29.6 Å². The number of carbonyl (C=O) groups excluding carboxylic acids is 2. The Morgan fingerprint density at radius 2 is 1.91 bits per heavy atom. The largest absolute Gasteiger partial charge is 0.343 e. The fourth-order valence-electron chi connectivity index (χ4n) is 4.62. The van der Waals surface area contributed by atoms with Crippen LogP contribution in [-0.2, 0) is 9.59 Å². The summed E-state index contributed by atoms with van der Waals surface area (Å²) in [5.74, 6) is 0.615. The Hall–Kier alpha value is -3.33. The number of aryl methyl sites for hydroxylation is 1. The molecule has 3 atom stereocenters. The van der Waals surface area contributed by atoms with Crippen molar-refractivity contribution in [2.75, 3.05) is 13.6 Å². The maximum atomic E-state index is 13.7. The summed E-state index contributed by atoms with van der Waals surface area (Å²) in [6.45, 7) is 8.07. The number of nitrogens with one attached hydrogen (secondary N) is 2. The summed E-state index contributed by atoms with van der Waals surface area (Å²) in [5, 5.41) is 6.63. The fraction of sp³-hybridized carbons (Fsp3) is 0.462. The molecule has 2 amide bonds. The van der Waals surface area contributed by atoms with Gasteiger partial charge in [-0.05, 0) is 63.9 Å². The number of aromatic nitrogens is 3. The van der Waals surface area contributed by atoms with Gasteiger partial charge in [-0.25, -0.2) is 14.4 Å². The highest BCUT2D eigenvalue weighted by Gasteiger charge is 2.37. The van der Waals surface area contributed by atoms with Gasteiger partial charge in [0.1, 0.15) is 23.5 Å². The number of halogens is 1. The lowest BCUT2D eigenvalue weighted by molar-refractivity contribution is -0.139. The van der Waals surface area contributed by atoms with E-state index in [1.54, 1.807) is 20.0 Å². The Labute approximate surface area is 204 Å². The fourth-order valence-corrected chi connectivity index (χ4v) is 4.62. The molecule has 2 aromatic heterocycles. The molecule has 0 unspecified atom stereocenters. The van der Waals surface area contributed by atoms with Gasteiger partial charge in [0.15, 0.2) is 0 Å². The molecule has 35 heavy (non-hydrogen) atoms. The van der Waals surface area contributed by atoms with Crippen molar-refractivity contribution in [3.63, 3.8) is 0 Å². The number of fused-ring (bicyclic) bond motifs is 1. The van der Waals surface area contributed by atoms with Gasteiger partial charge in [0.25, 0.3) is 0 Å². The van der Waals surface area contributed by atoms with Crippen LogP contribution in [0.1, 0.15) is 51.2 Å². The molecule has 0 radical (unpaired) electrons. The van der Waals surface area contributed by atoms with E-state index in [1.807, 2.05) is 48.6 Å². The molecule has 186 valence electrons. The molecule has 1 saturated heterocycles. The van der Waals surface area contributed by atoms with E-state index in [9.17, 15) is 14.0 Å². The molecule has 0 saturated carbocycles. The molecular weight excluding hydrogens is 447 g/mol. The first kappa shape index (κ1) is 24.8. The Kier molecular flexibility index (Phi) is 7.16. The third-order valence-electron chi connectivity index (χ3n) is 6.68. The second kappa shape index (κ2) is 10.1. The number of likely N-dealkylation sites (tertiary alicyclic amines) is 1. The van der Waals surface area contributed by atoms with Crippen LogP contribution in [0.4, 0.5) is 4.39 Å². The van der Waals surface area contributed by atoms with Crippen LogP contribution < -0.4 is 10.6 Å². The third-order valence-corrected chi connectivity index (χ3v) is 6.68. The van der Waals surface area contributed by atoms with Gasteiger partial charge >= 0.3 is 0 Å². The van der Waals surface area contributed by atoms with Crippen LogP contribution in [0.3, 0.4) is 0 Å². The van der Waals surface area contributed by atoms with E-state index in [0.29, 0.717) is 18.2 Å². The van der Waals surface area contributed by atoms with Crippen LogP contribution in [0.2, 0.25) is 0 Å². The minimum absolute atomic E-state index is 0.0638. The number of hydrogen-bond acceptors (Lipinski definition) is 5. The minimum Gasteiger partial charge on any atom is -0.343 e. The zero-order valence-corrected chi connectivity index (χ0v) is 20.9. The molecule has 3 heterocycles. The van der Waals surface area contributed by atoms with Gasteiger partial charge in [-0.15, -0.1) is 0 Å². The molecule has 1 aliphatic rings. The first-order chi connectivity index (χ1) is 16.7. The third kappa shape index (κ3) is 5.05. The Morgan fingerprint density at radius 3 is 2.63 bits per heavy atom. The van der Waals surface area contributed by atoms with Crippen molar-refractivity contribution in [2.24, 2.45) is 5.92 Å². The quantitative estimate of drug-likeness (QED) is 0.542. The van der Waals surface area contributed by atoms with Crippen molar-refractivity contribution >= 4 is 22.7 Å². The van der Waals surface area contributed by atoms with Crippen molar-refractivity contribution in [1.82, 2.24) is 30.1 Å². The Morgan fingerprint density at radius 1 is 1.14 bits per heavy atom. The van der Waals surface area contributed by atoms with E-state index < -0.39 is 12.1 Å². The first-order valence-electron chi connectivity index (χ1n) is 12.1. The van der Waals surface area contributed by atoms with E-state index in [1.165, 1.54) is 12.1 Å². The van der Waals surface area contributed by atoms with Gasteiger partial charge in [-0.1, -0.05) is 13.8 Å². The maximum absolute atomic E-state index is 13.7. The smallest absolute Gasteiger partial charge is 0.245 e. The van der Waals surface area contributed by atoms with E-state index in [4.69, 9.17) is 0 Å². The number of rotatable bonds is 7. The normalized spacial score (nSPS) is 17.7. The lowest BCUT2D eigenvalue weighted by Gasteiger charge is -2.31. The lowest BCUT2D eigenvalue weighted by Crippen LogP contribution is -2.54. The van der Waals surface area contributed by atoms with Crippen molar-refractivity contribution in [3.8, 4) is 5.82 Å². The first-order valence-corrected chi connectivity index (χ1v) is 12.1. The lowest BCUT2D eigenvalue weighted by atomic mass is 10.0. The van der Waals surface area contributed by atoms with Crippen molar-refractivity contribution in [1.29, 1.82) is 0 Å². The van der Waals surface area contributed by atoms with Crippen LogP contribution in [0.25, 0.3) is 16.7 Å². The zero-order valence-electron chi connectivity index (χ0n) is 20.9. The molecule has 0 bridgehead atoms. The number of carbonyl (C=O) groups is 2. The SMILES string of the molecule is CN[C@@H](C)C(=O)N[C@H](C(=O)N1CCC[C@H]1c1cc(-n2ccc3cc(F)ccc32)nc(C)n1)C(C)C. The average molecular weight is 481 g/mol. The number of likely N-dealkylation sites (N-methyl/N-ethyl adjacent to an activating group) is 1. The summed E-state index contributed by atoms with van der Waals surface area (Å²) in [7, 11) is 1.71. The summed E-state index contributed by atoms with van der Waals surface area (Å²) in [6, 6.07) is 7.19. The summed E-state index contributed by atoms with van der Waals surface area (Å²) >= 11 is 0. The van der Waals surface area contributed by atoms with Crippen molar-refractivity contribution < 1.29 is 14.0 Å². The predicted octanol–water partition coefficient (Wildman–Crippen LogP) is 3.28. The molecule has 9 heteroatoms. The molecule has 0 spiro atoms. The summed E-state index contributed by atoms with van der Waals surface area (Å²) < 4.78 is 15.6. The topological polar surface area (TPSA) is 92.2 Å². The number of nitrogens with zero attached hydrogens (tertiary/aromatic N) is 4. The van der Waals surface area contributed by atoms with Crippen LogP contribution in [0.15, 0.2) is 36.5 Å². The molecule has 2 N–H and O–H groups in total. The second-order valence-corrected chi connectivity index (χ2v) is 9.52. The molecule has 1 aromatic carbocycles. The number of amides is 2. The highest BCUT2D eigenvalue weighted by atomic mass is 19.1. The predicted molar refractivity (Wildman–Crippen MR) is 133 cm³/mol. The van der Waals surface area contributed by atoms with Crippen LogP contribution in [0, 0.1) is 18.7 Å². The molecule has 0 aliphatic carbocycles. The summed E-state index contributed by atoms with van der Waals surface area (Å²) in [5.41, 5.74) is 1.61. The highest BCUT2D eigenvalue weighted by molar-refractivity contribution is 5.90. The van der Waals surface area contributed by atoms with Gasteiger partial charge < -0.3 is 20.1 Å². The molecule has 1 aliphatic heterocycles. The van der Waals surface area contributed by atoms with Crippen LogP contribution >= 0.6 is 0 Å². The van der Waals surface area contributed by atoms with Crippen LogP contribution in [0.5, 0.6) is 0 Å². The second-order valence-electron chi connectivity index (χ2n) is 9.52. The molecule has 1 fully saturated rings. The minimum atomic E-state index is -0.621. The number of benzene rings is 1. The van der Waals surface area contributed by atoms with E-state index in [2.05, 4.69) is 20.6 Å². The standard InChI is InChI=1S/C26H33FN6O2/c1-15(2)24(31-25(34)16(3)28-5)26(35)33-11-6-7-22(33)20-14-23(30-17(4)29-20)32-12-10-18-13-19(27)8-9-21(18)32/h8-10,12-16,22,24,28H,6-7,11H2,1-5H3,(H,31,34)/t16-,22-,24-/m0/s1. The number of hydrogen-bond donors (Lipinski definition) is 2. The van der Waals surface area contributed by atoms with Gasteiger partial charge in [0.2, 0.25) is 11.8 Å². The summed E-state index contributed by atoms with van der Waals surface area (Å²) in [4.78, 5) is 37.3. The van der Waals surface area contributed by atoms with Gasteiger partial charge in [-0.3, -0.25) is 9.59 Å². The monoisotopic (exact) mass is 480 g/mol. The van der Waals surface area contributed by atoms with Crippen molar-refractivity contribution in [2.45, 2.75) is 58.7 Å². The van der Waals surface area contributed by atoms with E-state index >= 15 is 0 Å². The summed E-state index contributed by atoms with van der Waals surface area (Å²) in [6.07, 6.45) is 3.50. The van der Waals surface area contributed by atoms with Gasteiger partial charge in [0.05, 0.1) is 23.3 Å². The molecule has 4 rings (SSSR count). The van der Waals surface area contributed by atoms with Gasteiger partial charge in [0, 0.05) is 24.2 Å². The highest BCUT2D eigenvalue weighted by Crippen LogP contribution is 2.33. The molecule has 8 nitrogen and oxygen atoms in total. The Balaban J connectivity index is 1.64. The van der Waals surface area contributed by atoms with Crippen LogP contribution in [-0.4, -0.2) is 56.9 Å². The zero-order chi connectivity index (χ0) is 25.3. The average Bonchev–Trinajstić information content (AvgIpc) is 3.48. The molecular formula is C26H33FN6O2. The Bertz CT molecular complexity index is 1240. The van der Waals surface area contributed by atoms with Crippen molar-refractivity contribution in [3.05, 3.63) is 53.9 Å². The molecule has 3 aromatic rings.